The maximum atomic E-state index is 13.3. The van der Waals surface area contributed by atoms with Gasteiger partial charge in [0.05, 0.1) is 10.6 Å². The average Bonchev–Trinajstić information content (AvgIpc) is 3.26. The molecule has 8 nitrogen and oxygen atoms in total. The first kappa shape index (κ1) is 24.8. The van der Waals surface area contributed by atoms with Crippen LogP contribution in [0.4, 0.5) is 0 Å². The number of aryl methyl sites for hydroxylation is 4. The molecule has 0 N–H and O–H groups in total. The Labute approximate surface area is 214 Å². The van der Waals surface area contributed by atoms with Gasteiger partial charge in [-0.3, -0.25) is 9.69 Å². The van der Waals surface area contributed by atoms with E-state index in [-0.39, 0.29) is 5.56 Å². The van der Waals surface area contributed by atoms with Crippen LogP contribution in [0.2, 0.25) is 0 Å². The van der Waals surface area contributed by atoms with Gasteiger partial charge in [-0.15, -0.1) is 0 Å². The summed E-state index contributed by atoms with van der Waals surface area (Å²) in [6.07, 6.45) is 0. The molecule has 0 spiro atoms. The van der Waals surface area contributed by atoms with Crippen LogP contribution in [-0.2, 0) is 16.6 Å². The van der Waals surface area contributed by atoms with Crippen LogP contribution in [0.1, 0.15) is 27.9 Å². The molecule has 4 aromatic rings. The molecule has 188 valence electrons. The van der Waals surface area contributed by atoms with Crippen molar-refractivity contribution < 1.29 is 8.42 Å². The minimum atomic E-state index is -3.56. The number of sulfonamides is 1. The van der Waals surface area contributed by atoms with Crippen LogP contribution in [-0.4, -0.2) is 58.4 Å². The molecule has 1 fully saturated rings. The van der Waals surface area contributed by atoms with Crippen LogP contribution in [0.15, 0.2) is 52.2 Å². The van der Waals surface area contributed by atoms with E-state index in [4.69, 9.17) is 4.98 Å². The molecule has 36 heavy (non-hydrogen) atoms. The second-order valence-corrected chi connectivity index (χ2v) is 12.2. The quantitative estimate of drug-likeness (QED) is 0.398. The molecule has 3 heterocycles. The van der Waals surface area contributed by atoms with E-state index in [1.807, 2.05) is 58.0 Å². The Morgan fingerprint density at radius 3 is 2.31 bits per heavy atom. The van der Waals surface area contributed by atoms with Gasteiger partial charge in [-0.2, -0.15) is 13.9 Å². The van der Waals surface area contributed by atoms with Crippen molar-refractivity contribution in [2.45, 2.75) is 39.1 Å². The second kappa shape index (κ2) is 9.51. The van der Waals surface area contributed by atoms with E-state index in [0.29, 0.717) is 48.3 Å². The van der Waals surface area contributed by atoms with Gasteiger partial charge in [0.15, 0.2) is 0 Å². The Hall–Kier alpha value is -2.92. The SMILES string of the molecule is Cc1cc(C)c(S(=O)(=O)N2CCN(Cc3cc(=O)n4nc(-c5ccccc5C)sc4n3)CC2)cc1C. The van der Waals surface area contributed by atoms with Crippen molar-refractivity contribution in [1.82, 2.24) is 23.8 Å². The number of fused-ring (bicyclic) bond motifs is 1. The van der Waals surface area contributed by atoms with Crippen molar-refractivity contribution in [2.24, 2.45) is 0 Å². The fraction of sp³-hybridized carbons (Fsp3) is 0.346. The van der Waals surface area contributed by atoms with Crippen molar-refractivity contribution in [3.63, 3.8) is 0 Å². The molecule has 0 saturated carbocycles. The molecule has 2 aromatic carbocycles. The smallest absolute Gasteiger partial charge is 0.275 e. The zero-order valence-corrected chi connectivity index (χ0v) is 22.5. The summed E-state index contributed by atoms with van der Waals surface area (Å²) in [7, 11) is -3.56. The third kappa shape index (κ3) is 4.61. The summed E-state index contributed by atoms with van der Waals surface area (Å²) in [5, 5.41) is 5.25. The van der Waals surface area contributed by atoms with Crippen LogP contribution >= 0.6 is 11.3 Å². The number of hydrogen-bond acceptors (Lipinski definition) is 7. The van der Waals surface area contributed by atoms with Gasteiger partial charge in [0.25, 0.3) is 5.56 Å². The largest absolute Gasteiger partial charge is 0.295 e. The molecule has 1 saturated heterocycles. The molecule has 5 rings (SSSR count). The van der Waals surface area contributed by atoms with Crippen molar-refractivity contribution >= 4 is 26.3 Å². The van der Waals surface area contributed by atoms with Crippen molar-refractivity contribution in [3.05, 3.63) is 80.8 Å². The fourth-order valence-electron chi connectivity index (χ4n) is 4.57. The lowest BCUT2D eigenvalue weighted by atomic mass is 10.1. The Morgan fingerprint density at radius 2 is 1.58 bits per heavy atom. The Bertz CT molecular complexity index is 1620. The van der Waals surface area contributed by atoms with Crippen LogP contribution in [0.25, 0.3) is 15.5 Å². The lowest BCUT2D eigenvalue weighted by molar-refractivity contribution is 0.180. The predicted molar refractivity (Wildman–Crippen MR) is 142 cm³/mol. The van der Waals surface area contributed by atoms with Crippen LogP contribution in [0.3, 0.4) is 0 Å². The van der Waals surface area contributed by atoms with E-state index in [1.165, 1.54) is 21.9 Å². The van der Waals surface area contributed by atoms with Gasteiger partial charge in [-0.25, -0.2) is 13.4 Å². The summed E-state index contributed by atoms with van der Waals surface area (Å²) < 4.78 is 29.5. The van der Waals surface area contributed by atoms with Crippen LogP contribution < -0.4 is 5.56 Å². The molecule has 2 aromatic heterocycles. The van der Waals surface area contributed by atoms with E-state index in [1.54, 1.807) is 10.4 Å². The molecule has 0 aliphatic carbocycles. The summed E-state index contributed by atoms with van der Waals surface area (Å²) >= 11 is 1.39. The zero-order valence-electron chi connectivity index (χ0n) is 20.9. The van der Waals surface area contributed by atoms with Crippen LogP contribution in [0.5, 0.6) is 0 Å². The first-order valence-electron chi connectivity index (χ1n) is 11.9. The third-order valence-electron chi connectivity index (χ3n) is 6.80. The van der Waals surface area contributed by atoms with E-state index in [9.17, 15) is 13.2 Å². The highest BCUT2D eigenvalue weighted by Gasteiger charge is 2.30. The van der Waals surface area contributed by atoms with Gasteiger partial charge in [-0.05, 0) is 56.0 Å². The predicted octanol–water partition coefficient (Wildman–Crippen LogP) is 3.56. The van der Waals surface area contributed by atoms with Gasteiger partial charge in [0.1, 0.15) is 5.01 Å². The lowest BCUT2D eigenvalue weighted by Crippen LogP contribution is -2.48. The van der Waals surface area contributed by atoms with E-state index >= 15 is 0 Å². The van der Waals surface area contributed by atoms with Crippen LogP contribution in [0, 0.1) is 27.7 Å². The van der Waals surface area contributed by atoms with Gasteiger partial charge in [-0.1, -0.05) is 41.7 Å². The maximum Gasteiger partial charge on any atom is 0.275 e. The number of rotatable bonds is 5. The maximum absolute atomic E-state index is 13.3. The molecule has 0 atom stereocenters. The highest BCUT2D eigenvalue weighted by molar-refractivity contribution is 7.89. The average molecular weight is 524 g/mol. The highest BCUT2D eigenvalue weighted by Crippen LogP contribution is 2.27. The van der Waals surface area contributed by atoms with E-state index < -0.39 is 10.0 Å². The molecular formula is C26H29N5O3S2. The Kier molecular flexibility index (Phi) is 6.54. The normalized spacial score (nSPS) is 15.6. The number of benzene rings is 2. The number of hydrogen-bond donors (Lipinski definition) is 0. The molecule has 1 aliphatic rings. The molecular weight excluding hydrogens is 494 g/mol. The molecule has 1 aliphatic heterocycles. The summed E-state index contributed by atoms with van der Waals surface area (Å²) in [4.78, 5) is 20.5. The standard InChI is InChI=1S/C26H29N5O3S2/c1-17-7-5-6-8-22(17)25-28-31-24(32)15-21(27-26(31)35-25)16-29-9-11-30(12-10-29)36(33,34)23-14-19(3)18(2)13-20(23)4/h5-8,13-15H,9-12,16H2,1-4H3. The van der Waals surface area contributed by atoms with E-state index in [0.717, 1.165) is 32.8 Å². The zero-order chi connectivity index (χ0) is 25.6. The van der Waals surface area contributed by atoms with Crippen molar-refractivity contribution in [3.8, 4) is 10.6 Å². The molecule has 0 unspecified atom stereocenters. The topological polar surface area (TPSA) is 87.9 Å². The van der Waals surface area contributed by atoms with Gasteiger partial charge in [0, 0.05) is 44.4 Å². The van der Waals surface area contributed by atoms with Crippen molar-refractivity contribution in [1.29, 1.82) is 0 Å². The summed E-state index contributed by atoms with van der Waals surface area (Å²) in [5.74, 6) is 0. The summed E-state index contributed by atoms with van der Waals surface area (Å²) in [6, 6.07) is 13.2. The fourth-order valence-corrected chi connectivity index (χ4v) is 7.30. The number of nitrogens with zero attached hydrogens (tertiary/aromatic N) is 5. The lowest BCUT2D eigenvalue weighted by Gasteiger charge is -2.34. The minimum absolute atomic E-state index is 0.211. The second-order valence-electron chi connectivity index (χ2n) is 9.38. The third-order valence-corrected chi connectivity index (χ3v) is 9.78. The molecule has 0 radical (unpaired) electrons. The number of piperazine rings is 1. The highest BCUT2D eigenvalue weighted by atomic mass is 32.2. The van der Waals surface area contributed by atoms with Crippen molar-refractivity contribution in [2.75, 3.05) is 26.2 Å². The molecule has 0 amide bonds. The van der Waals surface area contributed by atoms with Gasteiger partial charge >= 0.3 is 0 Å². The number of aromatic nitrogens is 3. The van der Waals surface area contributed by atoms with E-state index in [2.05, 4.69) is 10.00 Å². The monoisotopic (exact) mass is 523 g/mol. The summed E-state index contributed by atoms with van der Waals surface area (Å²) in [5.41, 5.74) is 5.37. The Morgan fingerprint density at radius 1 is 0.889 bits per heavy atom. The van der Waals surface area contributed by atoms with Gasteiger partial charge in [0.2, 0.25) is 15.0 Å². The first-order chi connectivity index (χ1) is 17.1. The first-order valence-corrected chi connectivity index (χ1v) is 14.2. The summed E-state index contributed by atoms with van der Waals surface area (Å²) in [6.45, 7) is 10.2. The van der Waals surface area contributed by atoms with Gasteiger partial charge < -0.3 is 0 Å². The Balaban J connectivity index is 1.31. The molecule has 0 bridgehead atoms. The molecule has 10 heteroatoms. The minimum Gasteiger partial charge on any atom is -0.295 e.